The molecular formula is C21H21F3N4O3. The Balaban J connectivity index is 1.35. The number of halogens is 3. The summed E-state index contributed by atoms with van der Waals surface area (Å²) < 4.78 is 48.1. The molecule has 7 nitrogen and oxygen atoms in total. The molecule has 1 aromatic heterocycles. The smallest absolute Gasteiger partial charge is 0.406 e. The molecule has 31 heavy (non-hydrogen) atoms. The lowest BCUT2D eigenvalue weighted by Gasteiger charge is -2.21. The van der Waals surface area contributed by atoms with Crippen molar-refractivity contribution in [3.63, 3.8) is 0 Å². The van der Waals surface area contributed by atoms with Gasteiger partial charge in [-0.1, -0.05) is 47.7 Å². The Morgan fingerprint density at radius 1 is 1.13 bits per heavy atom. The predicted molar refractivity (Wildman–Crippen MR) is 105 cm³/mol. The number of nitrogens with one attached hydrogen (secondary N) is 1. The summed E-state index contributed by atoms with van der Waals surface area (Å²) in [6.45, 7) is 0.925. The maximum atomic E-state index is 12.3. The van der Waals surface area contributed by atoms with Crippen molar-refractivity contribution < 1.29 is 27.8 Å². The number of nitrogens with zero attached hydrogens (tertiary/aromatic N) is 3. The minimum absolute atomic E-state index is 0.181. The van der Waals surface area contributed by atoms with E-state index in [4.69, 9.17) is 4.74 Å². The van der Waals surface area contributed by atoms with Gasteiger partial charge in [0.1, 0.15) is 11.4 Å². The summed E-state index contributed by atoms with van der Waals surface area (Å²) >= 11 is 0. The first-order valence-electron chi connectivity index (χ1n) is 9.71. The first-order valence-corrected chi connectivity index (χ1v) is 9.71. The first-order chi connectivity index (χ1) is 14.9. The number of hydrogen-bond acceptors (Lipinski definition) is 6. The number of hydrogen-bond donors (Lipinski definition) is 2. The zero-order valence-corrected chi connectivity index (χ0v) is 16.4. The van der Waals surface area contributed by atoms with Crippen molar-refractivity contribution >= 4 is 0 Å². The van der Waals surface area contributed by atoms with Gasteiger partial charge in [-0.3, -0.25) is 0 Å². The van der Waals surface area contributed by atoms with Crippen LogP contribution in [0.5, 0.6) is 5.75 Å². The van der Waals surface area contributed by atoms with Gasteiger partial charge in [0.15, 0.2) is 0 Å². The van der Waals surface area contributed by atoms with Crippen LogP contribution in [0.4, 0.5) is 13.2 Å². The minimum atomic E-state index is -4.72. The number of aliphatic hydroxyl groups is 1. The second kappa shape index (κ2) is 9.04. The molecule has 0 saturated carbocycles. The van der Waals surface area contributed by atoms with E-state index in [2.05, 4.69) is 20.4 Å². The van der Waals surface area contributed by atoms with E-state index in [1.165, 1.54) is 24.3 Å². The monoisotopic (exact) mass is 434 g/mol. The van der Waals surface area contributed by atoms with E-state index in [1.807, 2.05) is 36.5 Å². The molecule has 0 bridgehead atoms. The van der Waals surface area contributed by atoms with Gasteiger partial charge in [-0.25, -0.2) is 4.68 Å². The lowest BCUT2D eigenvalue weighted by molar-refractivity contribution is -0.274. The maximum absolute atomic E-state index is 12.3. The minimum Gasteiger partial charge on any atom is -0.406 e. The summed E-state index contributed by atoms with van der Waals surface area (Å²) in [5, 5.41) is 21.8. The van der Waals surface area contributed by atoms with Gasteiger partial charge in [-0.2, -0.15) is 0 Å². The van der Waals surface area contributed by atoms with Crippen molar-refractivity contribution in [3.05, 3.63) is 66.4 Å². The van der Waals surface area contributed by atoms with Crippen molar-refractivity contribution in [1.82, 2.24) is 20.3 Å². The van der Waals surface area contributed by atoms with Gasteiger partial charge in [0.25, 0.3) is 0 Å². The number of alkyl halides is 3. The van der Waals surface area contributed by atoms with Crippen LogP contribution in [0.3, 0.4) is 0 Å². The second-order valence-electron chi connectivity index (χ2n) is 7.23. The van der Waals surface area contributed by atoms with Gasteiger partial charge in [-0.05, 0) is 17.7 Å². The lowest BCUT2D eigenvalue weighted by atomic mass is 10.1. The number of benzene rings is 2. The largest absolute Gasteiger partial charge is 0.573 e. The van der Waals surface area contributed by atoms with E-state index in [9.17, 15) is 18.3 Å². The molecule has 3 aromatic rings. The molecule has 0 radical (unpaired) electrons. The third-order valence-electron chi connectivity index (χ3n) is 4.97. The number of aliphatic hydroxyl groups excluding tert-OH is 1. The summed E-state index contributed by atoms with van der Waals surface area (Å²) in [7, 11) is 0. The number of rotatable bonds is 7. The van der Waals surface area contributed by atoms with Crippen LogP contribution in [-0.4, -0.2) is 51.3 Å². The molecule has 0 aliphatic carbocycles. The van der Waals surface area contributed by atoms with Crippen LogP contribution in [0.1, 0.15) is 5.56 Å². The van der Waals surface area contributed by atoms with E-state index < -0.39 is 12.5 Å². The average molecular weight is 434 g/mol. The van der Waals surface area contributed by atoms with Crippen molar-refractivity contribution in [1.29, 1.82) is 0 Å². The summed E-state index contributed by atoms with van der Waals surface area (Å²) in [5.41, 5.74) is 2.44. The second-order valence-corrected chi connectivity index (χ2v) is 7.23. The molecule has 1 saturated heterocycles. The first kappa shape index (κ1) is 21.3. The highest BCUT2D eigenvalue weighted by molar-refractivity contribution is 5.57. The molecule has 164 valence electrons. The molecule has 1 aliphatic rings. The molecule has 2 heterocycles. The molecule has 0 unspecified atom stereocenters. The van der Waals surface area contributed by atoms with Crippen molar-refractivity contribution in [2.24, 2.45) is 0 Å². The van der Waals surface area contributed by atoms with E-state index in [-0.39, 0.29) is 24.5 Å². The molecule has 10 heteroatoms. The Hall–Kier alpha value is -2.95. The van der Waals surface area contributed by atoms with Gasteiger partial charge in [0.05, 0.1) is 37.6 Å². The van der Waals surface area contributed by atoms with Crippen LogP contribution >= 0.6 is 0 Å². The van der Waals surface area contributed by atoms with E-state index in [0.717, 1.165) is 16.8 Å². The summed E-state index contributed by atoms with van der Waals surface area (Å²) in [6.07, 6.45) is -3.96. The van der Waals surface area contributed by atoms with Crippen LogP contribution in [-0.2, 0) is 17.8 Å². The van der Waals surface area contributed by atoms with Crippen molar-refractivity contribution in [2.45, 2.75) is 37.7 Å². The molecule has 2 N–H and O–H groups in total. The standard InChI is InChI=1S/C21H21F3N4O3/c22-21(23,24)31-16-8-6-14(7-9-16)10-25-20-18(29)13-30-19(20)12-28-11-17(26-27-28)15-4-2-1-3-5-15/h1-9,11,18-20,25,29H,10,12-13H2/t18-,19+,20+/m0/s1. The van der Waals surface area contributed by atoms with Gasteiger partial charge in [0.2, 0.25) is 0 Å². The lowest BCUT2D eigenvalue weighted by Crippen LogP contribution is -2.45. The summed E-state index contributed by atoms with van der Waals surface area (Å²) in [4.78, 5) is 0. The van der Waals surface area contributed by atoms with Crippen LogP contribution in [0.2, 0.25) is 0 Å². The fourth-order valence-electron chi connectivity index (χ4n) is 3.47. The topological polar surface area (TPSA) is 81.4 Å². The predicted octanol–water partition coefficient (Wildman–Crippen LogP) is 2.76. The van der Waals surface area contributed by atoms with Crippen molar-refractivity contribution in [2.75, 3.05) is 6.61 Å². The fourth-order valence-corrected chi connectivity index (χ4v) is 3.47. The fraction of sp³-hybridized carbons (Fsp3) is 0.333. The molecule has 0 amide bonds. The van der Waals surface area contributed by atoms with Crippen LogP contribution in [0.15, 0.2) is 60.8 Å². The van der Waals surface area contributed by atoms with Crippen LogP contribution in [0, 0.1) is 0 Å². The van der Waals surface area contributed by atoms with Crippen molar-refractivity contribution in [3.8, 4) is 17.0 Å². The Bertz CT molecular complexity index is 980. The Kier molecular flexibility index (Phi) is 6.21. The van der Waals surface area contributed by atoms with E-state index >= 15 is 0 Å². The highest BCUT2D eigenvalue weighted by Gasteiger charge is 2.36. The van der Waals surface area contributed by atoms with E-state index in [0.29, 0.717) is 13.1 Å². The highest BCUT2D eigenvalue weighted by atomic mass is 19.4. The Morgan fingerprint density at radius 2 is 1.87 bits per heavy atom. The molecule has 3 atom stereocenters. The average Bonchev–Trinajstić information content (AvgIpc) is 3.34. The van der Waals surface area contributed by atoms with Gasteiger partial charge < -0.3 is 19.9 Å². The quantitative estimate of drug-likeness (QED) is 0.595. The van der Waals surface area contributed by atoms with E-state index in [1.54, 1.807) is 4.68 Å². The molecule has 1 aliphatic heterocycles. The molecule has 0 spiro atoms. The van der Waals surface area contributed by atoms with Gasteiger partial charge in [-0.15, -0.1) is 18.3 Å². The van der Waals surface area contributed by atoms with Crippen LogP contribution in [0.25, 0.3) is 11.3 Å². The SMILES string of the molecule is O[C@H]1CO[C@H](Cn2cc(-c3ccccc3)nn2)[C@@H]1NCc1ccc(OC(F)(F)F)cc1. The highest BCUT2D eigenvalue weighted by Crippen LogP contribution is 2.23. The third-order valence-corrected chi connectivity index (χ3v) is 4.97. The Labute approximate surface area is 176 Å². The maximum Gasteiger partial charge on any atom is 0.573 e. The zero-order valence-electron chi connectivity index (χ0n) is 16.4. The number of ether oxygens (including phenoxy) is 2. The third kappa shape index (κ3) is 5.60. The number of aromatic nitrogens is 3. The molecule has 2 aromatic carbocycles. The zero-order chi connectivity index (χ0) is 21.8. The summed E-state index contributed by atoms with van der Waals surface area (Å²) in [5.74, 6) is -0.279. The molecule has 4 rings (SSSR count). The van der Waals surface area contributed by atoms with Gasteiger partial charge in [0, 0.05) is 12.1 Å². The molecular weight excluding hydrogens is 413 g/mol. The summed E-state index contributed by atoms with van der Waals surface area (Å²) in [6, 6.07) is 14.9. The normalized spacial score (nSPS) is 21.4. The molecule has 1 fully saturated rings. The van der Waals surface area contributed by atoms with Crippen LogP contribution < -0.4 is 10.1 Å². The van der Waals surface area contributed by atoms with Gasteiger partial charge >= 0.3 is 6.36 Å². The Morgan fingerprint density at radius 3 is 2.58 bits per heavy atom.